The molecule has 3 fully saturated rings. The molecule has 1 amide bonds. The molecular formula is C52H79N5O12. The van der Waals surface area contributed by atoms with Crippen LogP contribution in [0.3, 0.4) is 0 Å². The predicted octanol–water partition coefficient (Wildman–Crippen LogP) is 6.05. The van der Waals surface area contributed by atoms with Crippen LogP contribution in [-0.2, 0) is 47.7 Å². The number of carbonyl (C=O) groups is 5. The van der Waals surface area contributed by atoms with E-state index in [1.807, 2.05) is 58.1 Å². The molecule has 0 aromatic carbocycles. The molecule has 5 rings (SSSR count). The quantitative estimate of drug-likeness (QED) is 0.181. The molecule has 69 heavy (non-hydrogen) atoms. The summed E-state index contributed by atoms with van der Waals surface area (Å²) < 4.78 is 31.6. The highest BCUT2D eigenvalue weighted by Crippen LogP contribution is 2.39. The van der Waals surface area contributed by atoms with Crippen LogP contribution in [0.4, 0.5) is 0 Å². The van der Waals surface area contributed by atoms with Gasteiger partial charge in [0.15, 0.2) is 5.78 Å². The number of allylic oxidation sites excluding steroid dienone is 6. The number of nitrogens with zero attached hydrogens (tertiary/aromatic N) is 5. The van der Waals surface area contributed by atoms with E-state index in [-0.39, 0.29) is 60.9 Å². The minimum atomic E-state index is -2.43. The normalized spacial score (nSPS) is 38.8. The maximum atomic E-state index is 14.5. The number of methoxy groups -OCH3 is 3. The number of tetrazole rings is 1. The minimum absolute atomic E-state index is 0.0170. The van der Waals surface area contributed by atoms with Crippen molar-refractivity contribution in [3.63, 3.8) is 0 Å². The van der Waals surface area contributed by atoms with Gasteiger partial charge in [-0.15, -0.1) is 5.10 Å². The number of hydrogen-bond acceptors (Lipinski definition) is 15. The van der Waals surface area contributed by atoms with E-state index in [0.717, 1.165) is 18.4 Å². The summed E-state index contributed by atoms with van der Waals surface area (Å²) in [6.45, 7) is 12.8. The van der Waals surface area contributed by atoms with Gasteiger partial charge in [-0.25, -0.2) is 9.48 Å². The highest BCUT2D eigenvalue weighted by molar-refractivity contribution is 6.39. The van der Waals surface area contributed by atoms with E-state index in [9.17, 15) is 34.2 Å². The lowest BCUT2D eigenvalue weighted by Crippen LogP contribution is -2.61. The van der Waals surface area contributed by atoms with Crippen LogP contribution < -0.4 is 0 Å². The predicted molar refractivity (Wildman–Crippen MR) is 256 cm³/mol. The molecule has 17 heteroatoms. The van der Waals surface area contributed by atoms with E-state index < -0.39 is 77.8 Å². The molecule has 384 valence electrons. The number of carbonyl (C=O) groups excluding carboxylic acids is 5. The average Bonchev–Trinajstić information content (AvgIpc) is 3.88. The van der Waals surface area contributed by atoms with Gasteiger partial charge in [-0.1, -0.05) is 71.1 Å². The van der Waals surface area contributed by atoms with E-state index in [0.29, 0.717) is 56.9 Å². The Kier molecular flexibility index (Phi) is 20.8. The molecule has 0 radical (unpaired) electrons. The van der Waals surface area contributed by atoms with Crippen molar-refractivity contribution in [1.82, 2.24) is 25.1 Å². The molecule has 0 spiro atoms. The number of hydrogen-bond donors (Lipinski definition) is 2. The number of aliphatic hydroxyl groups excluding tert-OH is 1. The molecule has 4 heterocycles. The van der Waals surface area contributed by atoms with E-state index in [4.69, 9.17) is 23.7 Å². The zero-order valence-electron chi connectivity index (χ0n) is 42.5. The fraction of sp³-hybridized carbons (Fsp3) is 0.731. The Hall–Kier alpha value is -4.26. The largest absolute Gasteiger partial charge is 0.460 e. The van der Waals surface area contributed by atoms with Crippen molar-refractivity contribution in [2.45, 2.75) is 180 Å². The van der Waals surface area contributed by atoms with Gasteiger partial charge in [0.1, 0.15) is 36.5 Å². The molecule has 2 bridgehead atoms. The lowest BCUT2D eigenvalue weighted by Gasteiger charge is -2.42. The Morgan fingerprint density at radius 1 is 0.884 bits per heavy atom. The van der Waals surface area contributed by atoms with Crippen LogP contribution in [0, 0.1) is 35.5 Å². The summed E-state index contributed by atoms with van der Waals surface area (Å²) in [7, 11) is 4.62. The number of rotatable bonds is 7. The summed E-state index contributed by atoms with van der Waals surface area (Å²) in [5.41, 5.74) is 1.27. The summed E-state index contributed by atoms with van der Waals surface area (Å²) in [4.78, 5) is 72.3. The molecule has 2 N–H and O–H groups in total. The van der Waals surface area contributed by atoms with E-state index in [1.165, 1.54) is 12.0 Å². The number of aliphatic hydroxyl groups is 2. The number of amides is 1. The number of Topliss-reactive ketones (excluding diaryl/α,β-unsaturated/α-hetero) is 3. The molecule has 1 aromatic heterocycles. The van der Waals surface area contributed by atoms with Gasteiger partial charge in [-0.3, -0.25) is 19.2 Å². The van der Waals surface area contributed by atoms with Crippen molar-refractivity contribution in [1.29, 1.82) is 0 Å². The Morgan fingerprint density at radius 3 is 2.32 bits per heavy atom. The van der Waals surface area contributed by atoms with Crippen LogP contribution >= 0.6 is 0 Å². The van der Waals surface area contributed by atoms with Crippen LogP contribution in [0.1, 0.15) is 132 Å². The van der Waals surface area contributed by atoms with Crippen molar-refractivity contribution in [2.75, 3.05) is 27.9 Å². The lowest BCUT2D eigenvalue weighted by molar-refractivity contribution is -0.265. The number of ether oxygens (including phenoxy) is 5. The van der Waals surface area contributed by atoms with E-state index >= 15 is 0 Å². The van der Waals surface area contributed by atoms with Gasteiger partial charge in [0.2, 0.25) is 5.79 Å². The second-order valence-corrected chi connectivity index (χ2v) is 20.4. The molecule has 3 aliphatic heterocycles. The third-order valence-electron chi connectivity index (χ3n) is 15.2. The van der Waals surface area contributed by atoms with Gasteiger partial charge in [0, 0.05) is 58.5 Å². The number of piperidine rings is 1. The Balaban J connectivity index is 1.46. The second kappa shape index (κ2) is 25.7. The van der Waals surface area contributed by atoms with Crippen LogP contribution in [-0.4, -0.2) is 141 Å². The smallest absolute Gasteiger partial charge is 0.329 e. The molecule has 1 aromatic rings. The first kappa shape index (κ1) is 55.7. The summed E-state index contributed by atoms with van der Waals surface area (Å²) in [5, 5.41) is 35.2. The topological polar surface area (TPSA) is 219 Å². The molecule has 4 aliphatic rings. The molecule has 3 unspecified atom stereocenters. The number of fused-ring (bicyclic) bond motifs is 3. The summed E-state index contributed by atoms with van der Waals surface area (Å²) in [6.07, 6.45) is 13.9. The molecule has 1 saturated carbocycles. The molecule has 15 atom stereocenters. The summed E-state index contributed by atoms with van der Waals surface area (Å²) in [6, 6.07) is -1.19. The minimum Gasteiger partial charge on any atom is -0.460 e. The van der Waals surface area contributed by atoms with Crippen molar-refractivity contribution in [2.24, 2.45) is 35.5 Å². The van der Waals surface area contributed by atoms with Crippen molar-refractivity contribution in [3.05, 3.63) is 53.9 Å². The summed E-state index contributed by atoms with van der Waals surface area (Å²) >= 11 is 0. The van der Waals surface area contributed by atoms with Gasteiger partial charge in [0.05, 0.1) is 24.4 Å². The maximum Gasteiger partial charge on any atom is 0.329 e. The zero-order valence-corrected chi connectivity index (χ0v) is 42.5. The standard InChI is InChI=1S/C52H79N5O12/c1-31-16-12-11-13-17-32(2)43(65-8)28-39-21-19-37(7)52(64,69-39)49(61)50(62)56-23-15-14-18-41(56)51(63)68-44(34(4)26-38-20-22-40(45(27-38)66-9)57-30-53-54-55-57)29-42(58)33(3)25-36(6)47(60)48(67-10)46(59)35(5)24-31/h11-13,16-17,25,30-31,33-35,37-41,43-45,47-48,60,64H,14-15,18-24,26-29H2,1-10H3/b13-11+,16-12+,32-17+,36-25+/t31-,33-,34-,35?,37-,38+,39+,40?,41+,43+,44+,45-,47-,48?,52-/m1/s1. The van der Waals surface area contributed by atoms with Crippen molar-refractivity contribution >= 4 is 29.2 Å². The zero-order chi connectivity index (χ0) is 50.6. The number of ketones is 3. The fourth-order valence-electron chi connectivity index (χ4n) is 10.7. The average molecular weight is 966 g/mol. The first-order chi connectivity index (χ1) is 32.8. The van der Waals surface area contributed by atoms with Crippen LogP contribution in [0.25, 0.3) is 0 Å². The van der Waals surface area contributed by atoms with Crippen molar-refractivity contribution < 1.29 is 57.9 Å². The Bertz CT molecular complexity index is 2020. The van der Waals surface area contributed by atoms with Gasteiger partial charge >= 0.3 is 5.97 Å². The third-order valence-corrected chi connectivity index (χ3v) is 15.2. The first-order valence-corrected chi connectivity index (χ1v) is 25.0. The Morgan fingerprint density at radius 2 is 1.64 bits per heavy atom. The molecule has 1 aliphatic carbocycles. The Labute approximate surface area is 408 Å². The first-order valence-electron chi connectivity index (χ1n) is 25.0. The monoisotopic (exact) mass is 966 g/mol. The highest BCUT2D eigenvalue weighted by Gasteiger charge is 2.53. The fourth-order valence-corrected chi connectivity index (χ4v) is 10.7. The van der Waals surface area contributed by atoms with E-state index in [2.05, 4.69) is 15.5 Å². The van der Waals surface area contributed by atoms with Crippen LogP contribution in [0.15, 0.2) is 53.9 Å². The molecular weight excluding hydrogens is 887 g/mol. The number of esters is 1. The second-order valence-electron chi connectivity index (χ2n) is 20.4. The van der Waals surface area contributed by atoms with Crippen LogP contribution in [0.2, 0.25) is 0 Å². The van der Waals surface area contributed by atoms with Crippen molar-refractivity contribution in [3.8, 4) is 0 Å². The van der Waals surface area contributed by atoms with Crippen LogP contribution in [0.5, 0.6) is 0 Å². The third kappa shape index (κ3) is 14.2. The van der Waals surface area contributed by atoms with Gasteiger partial charge in [0.25, 0.3) is 11.7 Å². The molecule has 17 nitrogen and oxygen atoms in total. The van der Waals surface area contributed by atoms with E-state index in [1.54, 1.807) is 52.1 Å². The number of aromatic nitrogens is 4. The summed E-state index contributed by atoms with van der Waals surface area (Å²) in [5.74, 6) is -7.92. The maximum absolute atomic E-state index is 14.5. The number of cyclic esters (lactones) is 1. The van der Waals surface area contributed by atoms with Gasteiger partial charge < -0.3 is 38.8 Å². The SMILES string of the molecule is COC1C(=O)C(C)C[C@H](C)/C=C/C=C/C=C(\C)[C@@H](OC)C[C@@H]2CC[C@@H](C)[C@@](O)(O2)C(=O)C(=O)N2CCCC[C@H]2C(=O)O[C@H]([C@H](C)C[C@@H]2CCC(n3cnnn3)[C@H](OC)C2)CC(=O)[C@H](C)/C=C(\C)[C@H]1O. The van der Waals surface area contributed by atoms with Gasteiger partial charge in [-0.05, 0) is 117 Å². The highest BCUT2D eigenvalue weighted by atomic mass is 16.6. The molecule has 2 saturated heterocycles. The van der Waals surface area contributed by atoms with Gasteiger partial charge in [-0.2, -0.15) is 0 Å². The lowest BCUT2D eigenvalue weighted by atomic mass is 9.77.